The number of anilines is 4. The van der Waals surface area contributed by atoms with Crippen molar-refractivity contribution in [2.24, 2.45) is 5.92 Å². The highest BCUT2D eigenvalue weighted by molar-refractivity contribution is 7.90. The number of piperidine rings is 1. The van der Waals surface area contributed by atoms with Crippen molar-refractivity contribution in [3.8, 4) is 0 Å². The van der Waals surface area contributed by atoms with Gasteiger partial charge in [-0.25, -0.2) is 27.8 Å². The number of rotatable bonds is 8. The number of nitrogens with one attached hydrogen (secondary N) is 1. The Morgan fingerprint density at radius 3 is 2.64 bits per heavy atom. The van der Waals surface area contributed by atoms with Gasteiger partial charge in [-0.05, 0) is 42.3 Å². The fourth-order valence-corrected chi connectivity index (χ4v) is 6.76. The first-order valence-corrected chi connectivity index (χ1v) is 15.3. The molecule has 0 amide bonds. The number of pyridine rings is 1. The van der Waals surface area contributed by atoms with E-state index in [1.165, 1.54) is 25.3 Å². The van der Waals surface area contributed by atoms with Crippen LogP contribution in [0.1, 0.15) is 38.7 Å². The summed E-state index contributed by atoms with van der Waals surface area (Å²) in [7, 11) is -1.50. The number of halogens is 1. The first kappa shape index (κ1) is 27.4. The van der Waals surface area contributed by atoms with Crippen LogP contribution < -0.4 is 15.1 Å². The largest absolute Gasteiger partial charge is 0.378 e. The zero-order chi connectivity index (χ0) is 27.9. The molecule has 4 atom stereocenters. The van der Waals surface area contributed by atoms with Gasteiger partial charge >= 0.3 is 0 Å². The molecule has 1 aromatic carbocycles. The van der Waals surface area contributed by atoms with Crippen molar-refractivity contribution >= 4 is 44.0 Å². The topological polar surface area (TPSA) is 113 Å². The maximum Gasteiger partial charge on any atom is 0.233 e. The van der Waals surface area contributed by atoms with Gasteiger partial charge in [0, 0.05) is 55.7 Å². The van der Waals surface area contributed by atoms with E-state index in [4.69, 9.17) is 4.74 Å². The Hall–Kier alpha value is -3.12. The van der Waals surface area contributed by atoms with E-state index in [2.05, 4.69) is 63.1 Å². The summed E-state index contributed by atoms with van der Waals surface area (Å²) in [6.07, 6.45) is 3.59. The van der Waals surface area contributed by atoms with Crippen LogP contribution in [-0.4, -0.2) is 85.4 Å². The molecule has 2 aromatic heterocycles. The molecule has 3 aromatic rings. The lowest BCUT2D eigenvalue weighted by Crippen LogP contribution is -2.57. The maximum atomic E-state index is 14.4. The van der Waals surface area contributed by atoms with Crippen LogP contribution in [-0.2, 0) is 14.6 Å². The van der Waals surface area contributed by atoms with Gasteiger partial charge < -0.3 is 19.9 Å². The van der Waals surface area contributed by atoms with Crippen molar-refractivity contribution < 1.29 is 17.5 Å². The molecule has 12 heteroatoms. The van der Waals surface area contributed by atoms with Gasteiger partial charge in [0.25, 0.3) is 0 Å². The van der Waals surface area contributed by atoms with E-state index < -0.39 is 22.1 Å². The minimum absolute atomic E-state index is 0.111. The van der Waals surface area contributed by atoms with Gasteiger partial charge in [0.2, 0.25) is 11.9 Å². The molecule has 0 unspecified atom stereocenters. The fourth-order valence-electron chi connectivity index (χ4n) is 5.60. The van der Waals surface area contributed by atoms with E-state index in [0.717, 1.165) is 16.5 Å². The Morgan fingerprint density at radius 2 is 1.97 bits per heavy atom. The number of sulfone groups is 1. The number of fused-ring (bicyclic) bond motifs is 1. The van der Waals surface area contributed by atoms with Crippen LogP contribution in [0.15, 0.2) is 30.7 Å². The highest BCUT2D eigenvalue weighted by atomic mass is 32.2. The Labute approximate surface area is 228 Å². The van der Waals surface area contributed by atoms with Crippen molar-refractivity contribution in [2.75, 3.05) is 53.9 Å². The molecule has 0 saturated carbocycles. The molecular formula is C27H36FN7O3S. The zero-order valence-corrected chi connectivity index (χ0v) is 23.8. The normalized spacial score (nSPS) is 23.8. The van der Waals surface area contributed by atoms with E-state index in [0.29, 0.717) is 37.2 Å². The summed E-state index contributed by atoms with van der Waals surface area (Å²) in [4.78, 5) is 21.7. The van der Waals surface area contributed by atoms with Crippen LogP contribution >= 0.6 is 0 Å². The molecule has 210 valence electrons. The van der Waals surface area contributed by atoms with Crippen LogP contribution in [0.5, 0.6) is 0 Å². The molecule has 1 N–H and O–H groups in total. The number of hydrogen-bond donors (Lipinski definition) is 1. The monoisotopic (exact) mass is 557 g/mol. The number of ether oxygens (including phenoxy) is 1. The average molecular weight is 558 g/mol. The number of aromatic nitrogens is 4. The third-order valence-electron chi connectivity index (χ3n) is 7.83. The standard InChI is InChI=1S/C27H36FN7O3S/c1-16(2)19-6-7-23(35-12-18(17(35)3)14-39(5,36)37)21-11-29-25(10-20(19)21)32-26-30-15-31-27(33-26)34-9-8-24(38-4)22(28)13-34/h6-7,10-11,15-18,22,24H,8-9,12-14H2,1-5H3,(H,29,30,31,32,33)/t17-,18-,22-,24+/m0/s1. The second-order valence-electron chi connectivity index (χ2n) is 10.9. The second kappa shape index (κ2) is 10.8. The number of alkyl halides is 1. The Kier molecular flexibility index (Phi) is 7.60. The van der Waals surface area contributed by atoms with E-state index >= 15 is 0 Å². The SMILES string of the molecule is CO[C@@H]1CCN(c2ncnc(Nc3cc4c(C(C)C)ccc(N5C[C@@H](CS(C)(=O)=O)[C@@H]5C)c4cn3)n2)C[C@@H]1F. The van der Waals surface area contributed by atoms with Gasteiger partial charge in [-0.1, -0.05) is 19.9 Å². The number of methoxy groups -OCH3 is 1. The summed E-state index contributed by atoms with van der Waals surface area (Å²) in [5, 5.41) is 5.27. The smallest absolute Gasteiger partial charge is 0.233 e. The van der Waals surface area contributed by atoms with Crippen LogP contribution in [0.2, 0.25) is 0 Å². The minimum atomic E-state index is -3.03. The van der Waals surface area contributed by atoms with Gasteiger partial charge in [0.1, 0.15) is 28.2 Å². The van der Waals surface area contributed by atoms with Crippen molar-refractivity contribution in [1.29, 1.82) is 0 Å². The molecule has 2 aliphatic rings. The highest BCUT2D eigenvalue weighted by Gasteiger charge is 2.38. The first-order chi connectivity index (χ1) is 18.5. The summed E-state index contributed by atoms with van der Waals surface area (Å²) < 4.78 is 43.3. The number of nitrogens with zero attached hydrogens (tertiary/aromatic N) is 6. The molecule has 0 bridgehead atoms. The maximum absolute atomic E-state index is 14.4. The molecule has 5 rings (SSSR count). The lowest BCUT2D eigenvalue weighted by Gasteiger charge is -2.48. The van der Waals surface area contributed by atoms with Crippen molar-refractivity contribution in [1.82, 2.24) is 19.9 Å². The molecule has 10 nitrogen and oxygen atoms in total. The third-order valence-corrected chi connectivity index (χ3v) is 8.86. The average Bonchev–Trinajstić information content (AvgIpc) is 2.89. The van der Waals surface area contributed by atoms with E-state index in [-0.39, 0.29) is 30.2 Å². The van der Waals surface area contributed by atoms with E-state index in [1.54, 1.807) is 4.90 Å². The van der Waals surface area contributed by atoms with Crippen LogP contribution in [0.4, 0.5) is 27.8 Å². The molecule has 2 aliphatic heterocycles. The quantitative estimate of drug-likeness (QED) is 0.440. The van der Waals surface area contributed by atoms with E-state index in [1.807, 2.05) is 12.3 Å². The Morgan fingerprint density at radius 1 is 1.18 bits per heavy atom. The molecule has 4 heterocycles. The highest BCUT2D eigenvalue weighted by Crippen LogP contribution is 2.39. The lowest BCUT2D eigenvalue weighted by molar-refractivity contribution is 0.0194. The summed E-state index contributed by atoms with van der Waals surface area (Å²) in [5.74, 6) is 1.93. The number of benzene rings is 1. The van der Waals surface area contributed by atoms with Crippen LogP contribution in [0.25, 0.3) is 10.8 Å². The van der Waals surface area contributed by atoms with Gasteiger partial charge in [0.15, 0.2) is 0 Å². The van der Waals surface area contributed by atoms with Crippen LogP contribution in [0, 0.1) is 5.92 Å². The predicted molar refractivity (Wildman–Crippen MR) is 151 cm³/mol. The molecule has 0 radical (unpaired) electrons. The summed E-state index contributed by atoms with van der Waals surface area (Å²) in [5.41, 5.74) is 2.24. The Balaban J connectivity index is 1.40. The molecule has 0 aliphatic carbocycles. The summed E-state index contributed by atoms with van der Waals surface area (Å²) >= 11 is 0. The minimum Gasteiger partial charge on any atom is -0.378 e. The molecule has 2 fully saturated rings. The van der Waals surface area contributed by atoms with Crippen molar-refractivity contribution in [3.63, 3.8) is 0 Å². The molecule has 39 heavy (non-hydrogen) atoms. The fraction of sp³-hybridized carbons (Fsp3) is 0.556. The van der Waals surface area contributed by atoms with Gasteiger partial charge in [-0.3, -0.25) is 0 Å². The van der Waals surface area contributed by atoms with Gasteiger partial charge in [0.05, 0.1) is 18.4 Å². The summed E-state index contributed by atoms with van der Waals surface area (Å²) in [6, 6.07) is 6.37. The van der Waals surface area contributed by atoms with Crippen LogP contribution in [0.3, 0.4) is 0 Å². The Bertz CT molecular complexity index is 1450. The molecule has 2 saturated heterocycles. The summed E-state index contributed by atoms with van der Waals surface area (Å²) in [6.45, 7) is 7.83. The van der Waals surface area contributed by atoms with E-state index in [9.17, 15) is 12.8 Å². The third kappa shape index (κ3) is 5.76. The van der Waals surface area contributed by atoms with Gasteiger partial charge in [-0.15, -0.1) is 0 Å². The zero-order valence-electron chi connectivity index (χ0n) is 23.0. The lowest BCUT2D eigenvalue weighted by atomic mass is 9.88. The van der Waals surface area contributed by atoms with Crippen molar-refractivity contribution in [3.05, 3.63) is 36.3 Å². The number of hydrogen-bond acceptors (Lipinski definition) is 10. The second-order valence-corrected chi connectivity index (χ2v) is 13.1. The first-order valence-electron chi connectivity index (χ1n) is 13.3. The molecule has 0 spiro atoms. The van der Waals surface area contributed by atoms with Crippen molar-refractivity contribution in [2.45, 2.75) is 51.4 Å². The molecular weight excluding hydrogens is 521 g/mol. The van der Waals surface area contributed by atoms with Gasteiger partial charge in [-0.2, -0.15) is 4.98 Å². The predicted octanol–water partition coefficient (Wildman–Crippen LogP) is 3.72.